The number of amides is 3. The molecule has 1 N–H and O–H groups in total. The van der Waals surface area contributed by atoms with Crippen molar-refractivity contribution in [3.63, 3.8) is 0 Å². The number of anilines is 1. The van der Waals surface area contributed by atoms with E-state index in [2.05, 4.69) is 26.2 Å². The molecule has 2 aromatic rings. The van der Waals surface area contributed by atoms with Crippen molar-refractivity contribution in [3.8, 4) is 0 Å². The summed E-state index contributed by atoms with van der Waals surface area (Å²) in [6, 6.07) is 8.04. The monoisotopic (exact) mass is 421 g/mol. The maximum Gasteiger partial charge on any atom is 0.229 e. The molecule has 130 valence electrons. The number of thiazole rings is 1. The van der Waals surface area contributed by atoms with Gasteiger partial charge >= 0.3 is 0 Å². The standard InChI is InChI=1S/C17H16BrN3O3S/c18-12-3-1-11(2-4-12)9-13-10-19-17(25-13)20-14(22)7-8-21-15(23)5-6-16(21)24/h1-4,10H,5-9H2,(H,19,20,22). The molecule has 0 bridgehead atoms. The molecule has 2 heterocycles. The van der Waals surface area contributed by atoms with Crippen molar-refractivity contribution in [2.24, 2.45) is 0 Å². The Balaban J connectivity index is 1.50. The first-order chi connectivity index (χ1) is 12.0. The molecule has 1 aromatic carbocycles. The Hall–Kier alpha value is -2.06. The largest absolute Gasteiger partial charge is 0.302 e. The van der Waals surface area contributed by atoms with Gasteiger partial charge in [0, 0.05) is 47.8 Å². The molecule has 1 aliphatic rings. The Morgan fingerprint density at radius 1 is 1.20 bits per heavy atom. The predicted octanol–water partition coefficient (Wildman–Crippen LogP) is 2.97. The summed E-state index contributed by atoms with van der Waals surface area (Å²) in [5.74, 6) is -0.662. The van der Waals surface area contributed by atoms with E-state index >= 15 is 0 Å². The van der Waals surface area contributed by atoms with Crippen LogP contribution in [0.15, 0.2) is 34.9 Å². The quantitative estimate of drug-likeness (QED) is 0.726. The van der Waals surface area contributed by atoms with Gasteiger partial charge in [-0.15, -0.1) is 11.3 Å². The second-order valence-electron chi connectivity index (χ2n) is 5.67. The molecule has 0 aliphatic carbocycles. The van der Waals surface area contributed by atoms with Crippen LogP contribution in [0.2, 0.25) is 0 Å². The number of carbonyl (C=O) groups excluding carboxylic acids is 3. The molecule has 0 radical (unpaired) electrons. The van der Waals surface area contributed by atoms with E-state index in [0.29, 0.717) is 5.13 Å². The van der Waals surface area contributed by atoms with Crippen LogP contribution < -0.4 is 5.32 Å². The number of nitrogens with one attached hydrogen (secondary N) is 1. The molecule has 6 nitrogen and oxygen atoms in total. The molecule has 8 heteroatoms. The number of hydrogen-bond acceptors (Lipinski definition) is 5. The summed E-state index contributed by atoms with van der Waals surface area (Å²) >= 11 is 4.82. The molecule has 0 unspecified atom stereocenters. The average Bonchev–Trinajstić information content (AvgIpc) is 3.14. The molecule has 1 aliphatic heterocycles. The molecule has 1 fully saturated rings. The van der Waals surface area contributed by atoms with Crippen LogP contribution in [-0.2, 0) is 20.8 Å². The lowest BCUT2D eigenvalue weighted by atomic mass is 10.1. The molecule has 0 saturated carbocycles. The second-order valence-corrected chi connectivity index (χ2v) is 7.70. The fourth-order valence-electron chi connectivity index (χ4n) is 2.52. The van der Waals surface area contributed by atoms with Crippen molar-refractivity contribution in [2.45, 2.75) is 25.7 Å². The normalized spacial score (nSPS) is 14.2. The Kier molecular flexibility index (Phi) is 5.60. The highest BCUT2D eigenvalue weighted by molar-refractivity contribution is 9.10. The summed E-state index contributed by atoms with van der Waals surface area (Å²) in [6.07, 6.45) is 3.06. The topological polar surface area (TPSA) is 79.4 Å². The third-order valence-electron chi connectivity index (χ3n) is 3.81. The Bertz CT molecular complexity index is 788. The molecule has 1 saturated heterocycles. The summed E-state index contributed by atoms with van der Waals surface area (Å²) in [6.45, 7) is 0.126. The van der Waals surface area contributed by atoms with Crippen LogP contribution in [0, 0.1) is 0 Å². The van der Waals surface area contributed by atoms with Crippen molar-refractivity contribution in [1.82, 2.24) is 9.88 Å². The van der Waals surface area contributed by atoms with Crippen LogP contribution in [-0.4, -0.2) is 34.2 Å². The van der Waals surface area contributed by atoms with Crippen molar-refractivity contribution in [3.05, 3.63) is 45.4 Å². The van der Waals surface area contributed by atoms with E-state index in [1.807, 2.05) is 24.3 Å². The molecule has 0 atom stereocenters. The zero-order valence-electron chi connectivity index (χ0n) is 13.3. The van der Waals surface area contributed by atoms with E-state index in [1.54, 1.807) is 6.20 Å². The number of aromatic nitrogens is 1. The summed E-state index contributed by atoms with van der Waals surface area (Å²) in [4.78, 5) is 41.4. The molecule has 25 heavy (non-hydrogen) atoms. The number of hydrogen-bond donors (Lipinski definition) is 1. The fraction of sp³-hybridized carbons (Fsp3) is 0.294. The van der Waals surface area contributed by atoms with Crippen LogP contribution >= 0.6 is 27.3 Å². The van der Waals surface area contributed by atoms with Crippen LogP contribution in [0.1, 0.15) is 29.7 Å². The molecule has 3 amide bonds. The number of likely N-dealkylation sites (tertiary alicyclic amines) is 1. The van der Waals surface area contributed by atoms with Gasteiger partial charge in [-0.2, -0.15) is 0 Å². The minimum Gasteiger partial charge on any atom is -0.302 e. The van der Waals surface area contributed by atoms with Crippen LogP contribution in [0.25, 0.3) is 0 Å². The summed E-state index contributed by atoms with van der Waals surface area (Å²) in [5, 5.41) is 3.25. The van der Waals surface area contributed by atoms with Gasteiger partial charge in [-0.25, -0.2) is 4.98 Å². The first kappa shape index (κ1) is 17.8. The molecule has 0 spiro atoms. The zero-order valence-corrected chi connectivity index (χ0v) is 15.7. The maximum absolute atomic E-state index is 12.0. The Morgan fingerprint density at radius 2 is 1.88 bits per heavy atom. The number of halogens is 1. The predicted molar refractivity (Wildman–Crippen MR) is 98.3 cm³/mol. The van der Waals surface area contributed by atoms with Crippen LogP contribution in [0.3, 0.4) is 0 Å². The Labute approximate surface area is 157 Å². The number of benzene rings is 1. The maximum atomic E-state index is 12.0. The van der Waals surface area contributed by atoms with Crippen molar-refractivity contribution in [2.75, 3.05) is 11.9 Å². The summed E-state index contributed by atoms with van der Waals surface area (Å²) in [7, 11) is 0. The van der Waals surface area contributed by atoms with Gasteiger partial charge in [-0.3, -0.25) is 19.3 Å². The highest BCUT2D eigenvalue weighted by Gasteiger charge is 2.28. The highest BCUT2D eigenvalue weighted by Crippen LogP contribution is 2.22. The van der Waals surface area contributed by atoms with Gasteiger partial charge in [0.2, 0.25) is 17.7 Å². The van der Waals surface area contributed by atoms with Gasteiger partial charge in [-0.1, -0.05) is 28.1 Å². The number of imide groups is 1. The first-order valence-electron chi connectivity index (χ1n) is 7.83. The lowest BCUT2D eigenvalue weighted by molar-refractivity contribution is -0.138. The minimum absolute atomic E-state index is 0.0824. The number of carbonyl (C=O) groups is 3. The van der Waals surface area contributed by atoms with Crippen LogP contribution in [0.4, 0.5) is 5.13 Å². The first-order valence-corrected chi connectivity index (χ1v) is 9.44. The third-order valence-corrected chi connectivity index (χ3v) is 5.25. The van der Waals surface area contributed by atoms with Gasteiger partial charge in [0.15, 0.2) is 5.13 Å². The van der Waals surface area contributed by atoms with E-state index in [1.165, 1.54) is 11.3 Å². The van der Waals surface area contributed by atoms with E-state index in [4.69, 9.17) is 0 Å². The van der Waals surface area contributed by atoms with E-state index in [9.17, 15) is 14.4 Å². The fourth-order valence-corrected chi connectivity index (χ4v) is 3.65. The lowest BCUT2D eigenvalue weighted by Crippen LogP contribution is -2.32. The molecule has 3 rings (SSSR count). The zero-order chi connectivity index (χ0) is 17.8. The van der Waals surface area contributed by atoms with Gasteiger partial charge in [0.25, 0.3) is 0 Å². The lowest BCUT2D eigenvalue weighted by Gasteiger charge is -2.12. The van der Waals surface area contributed by atoms with Crippen LogP contribution in [0.5, 0.6) is 0 Å². The molecule has 1 aromatic heterocycles. The molecular weight excluding hydrogens is 406 g/mol. The second kappa shape index (κ2) is 7.88. The number of nitrogens with zero attached hydrogens (tertiary/aromatic N) is 2. The minimum atomic E-state index is -0.253. The number of rotatable bonds is 6. The van der Waals surface area contributed by atoms with E-state index < -0.39 is 0 Å². The average molecular weight is 422 g/mol. The SMILES string of the molecule is O=C(CCN1C(=O)CCC1=O)Nc1ncc(Cc2ccc(Br)cc2)s1. The van der Waals surface area contributed by atoms with Gasteiger partial charge < -0.3 is 5.32 Å². The van der Waals surface area contributed by atoms with E-state index in [-0.39, 0.29) is 43.5 Å². The summed E-state index contributed by atoms with van der Waals surface area (Å²) in [5.41, 5.74) is 1.16. The highest BCUT2D eigenvalue weighted by atomic mass is 79.9. The molecular formula is C17H16BrN3O3S. The van der Waals surface area contributed by atoms with Crippen molar-refractivity contribution >= 4 is 50.1 Å². The third kappa shape index (κ3) is 4.73. The van der Waals surface area contributed by atoms with Gasteiger partial charge in [-0.05, 0) is 17.7 Å². The van der Waals surface area contributed by atoms with Gasteiger partial charge in [0.05, 0.1) is 0 Å². The summed E-state index contributed by atoms with van der Waals surface area (Å²) < 4.78 is 1.03. The van der Waals surface area contributed by atoms with Gasteiger partial charge in [0.1, 0.15) is 0 Å². The van der Waals surface area contributed by atoms with Crippen molar-refractivity contribution in [1.29, 1.82) is 0 Å². The van der Waals surface area contributed by atoms with Crippen molar-refractivity contribution < 1.29 is 14.4 Å². The van der Waals surface area contributed by atoms with E-state index in [0.717, 1.165) is 26.2 Å². The Morgan fingerprint density at radius 3 is 2.56 bits per heavy atom. The smallest absolute Gasteiger partial charge is 0.229 e.